The van der Waals surface area contributed by atoms with Gasteiger partial charge in [0.25, 0.3) is 0 Å². The van der Waals surface area contributed by atoms with Crippen LogP contribution >= 0.6 is 0 Å². The topological polar surface area (TPSA) is 24.5 Å². The van der Waals surface area contributed by atoms with Crippen molar-refractivity contribution in [2.45, 2.75) is 38.8 Å². The predicted molar refractivity (Wildman–Crippen MR) is 80.8 cm³/mol. The smallest absolute Gasteiger partial charge is 0.0825 e. The standard InChI is InChI=1S/C16H26N2O/c1-13-10-15(7-6-14(13)11-17-3)18-9-5-8-16(2,12-18)19-4/h6-7,10,17H,5,8-9,11-12H2,1-4H3. The van der Waals surface area contributed by atoms with Gasteiger partial charge in [0.1, 0.15) is 0 Å². The zero-order valence-electron chi connectivity index (χ0n) is 12.6. The molecule has 1 saturated heterocycles. The number of ether oxygens (including phenoxy) is 1. The molecule has 1 heterocycles. The fourth-order valence-electron chi connectivity index (χ4n) is 2.86. The molecule has 1 fully saturated rings. The summed E-state index contributed by atoms with van der Waals surface area (Å²) < 4.78 is 5.67. The van der Waals surface area contributed by atoms with E-state index in [0.29, 0.717) is 0 Å². The molecule has 2 rings (SSSR count). The molecular weight excluding hydrogens is 236 g/mol. The minimum atomic E-state index is -0.00417. The molecule has 19 heavy (non-hydrogen) atoms. The van der Waals surface area contributed by atoms with Crippen LogP contribution in [0.25, 0.3) is 0 Å². The number of hydrogen-bond acceptors (Lipinski definition) is 3. The SMILES string of the molecule is CNCc1ccc(N2CCCC(C)(OC)C2)cc1C. The van der Waals surface area contributed by atoms with Crippen molar-refractivity contribution < 1.29 is 4.74 Å². The number of nitrogens with one attached hydrogen (secondary N) is 1. The van der Waals surface area contributed by atoms with Crippen molar-refractivity contribution in [2.75, 3.05) is 32.1 Å². The van der Waals surface area contributed by atoms with Crippen molar-refractivity contribution in [3.8, 4) is 0 Å². The summed E-state index contributed by atoms with van der Waals surface area (Å²) >= 11 is 0. The summed E-state index contributed by atoms with van der Waals surface area (Å²) in [5.41, 5.74) is 4.05. The Bertz CT molecular complexity index is 433. The Kier molecular flexibility index (Phi) is 4.48. The molecule has 1 aliphatic rings. The normalized spacial score (nSPS) is 23.7. The minimum absolute atomic E-state index is 0.00417. The van der Waals surface area contributed by atoms with Crippen molar-refractivity contribution in [1.29, 1.82) is 0 Å². The third-order valence-corrected chi connectivity index (χ3v) is 4.21. The average molecular weight is 262 g/mol. The third-order valence-electron chi connectivity index (χ3n) is 4.21. The summed E-state index contributed by atoms with van der Waals surface area (Å²) in [7, 11) is 3.81. The summed E-state index contributed by atoms with van der Waals surface area (Å²) in [4.78, 5) is 2.45. The van der Waals surface area contributed by atoms with E-state index in [2.05, 4.69) is 42.3 Å². The maximum Gasteiger partial charge on any atom is 0.0825 e. The van der Waals surface area contributed by atoms with Crippen LogP contribution in [0.1, 0.15) is 30.9 Å². The van der Waals surface area contributed by atoms with Gasteiger partial charge in [-0.15, -0.1) is 0 Å². The molecule has 0 aliphatic carbocycles. The largest absolute Gasteiger partial charge is 0.377 e. The Labute approximate surface area is 116 Å². The quantitative estimate of drug-likeness (QED) is 0.903. The number of rotatable bonds is 4. The van der Waals surface area contributed by atoms with Gasteiger partial charge in [-0.05, 0) is 57.0 Å². The van der Waals surface area contributed by atoms with Crippen LogP contribution in [-0.2, 0) is 11.3 Å². The maximum atomic E-state index is 5.67. The van der Waals surface area contributed by atoms with Crippen molar-refractivity contribution in [3.05, 3.63) is 29.3 Å². The Morgan fingerprint density at radius 1 is 1.42 bits per heavy atom. The van der Waals surface area contributed by atoms with Gasteiger partial charge in [0.2, 0.25) is 0 Å². The molecule has 3 heteroatoms. The van der Waals surface area contributed by atoms with Gasteiger partial charge < -0.3 is 15.0 Å². The summed E-state index contributed by atoms with van der Waals surface area (Å²) in [6.45, 7) is 7.44. The summed E-state index contributed by atoms with van der Waals surface area (Å²) in [6, 6.07) is 6.77. The van der Waals surface area contributed by atoms with Gasteiger partial charge in [0.05, 0.1) is 5.60 Å². The van der Waals surface area contributed by atoms with Crippen LogP contribution in [0.15, 0.2) is 18.2 Å². The van der Waals surface area contributed by atoms with Crippen LogP contribution < -0.4 is 10.2 Å². The predicted octanol–water partition coefficient (Wildman–Crippen LogP) is 2.72. The molecule has 1 N–H and O–H groups in total. The second kappa shape index (κ2) is 5.93. The van der Waals surface area contributed by atoms with Crippen LogP contribution in [0.2, 0.25) is 0 Å². The van der Waals surface area contributed by atoms with E-state index >= 15 is 0 Å². The van der Waals surface area contributed by atoms with Crippen molar-refractivity contribution in [2.24, 2.45) is 0 Å². The van der Waals surface area contributed by atoms with E-state index in [-0.39, 0.29) is 5.60 Å². The summed E-state index contributed by atoms with van der Waals surface area (Å²) in [5, 5.41) is 3.21. The lowest BCUT2D eigenvalue weighted by atomic mass is 9.94. The van der Waals surface area contributed by atoms with Gasteiger partial charge in [0.15, 0.2) is 0 Å². The van der Waals surface area contributed by atoms with Crippen molar-refractivity contribution >= 4 is 5.69 Å². The van der Waals surface area contributed by atoms with Gasteiger partial charge in [0, 0.05) is 32.4 Å². The molecule has 1 unspecified atom stereocenters. The van der Waals surface area contributed by atoms with Crippen molar-refractivity contribution in [3.63, 3.8) is 0 Å². The lowest BCUT2D eigenvalue weighted by Crippen LogP contribution is -2.47. The first-order chi connectivity index (χ1) is 9.08. The van der Waals surface area contributed by atoms with E-state index in [0.717, 1.165) is 26.1 Å². The molecule has 0 saturated carbocycles. The number of benzene rings is 1. The monoisotopic (exact) mass is 262 g/mol. The van der Waals surface area contributed by atoms with Crippen molar-refractivity contribution in [1.82, 2.24) is 5.32 Å². The highest BCUT2D eigenvalue weighted by molar-refractivity contribution is 5.51. The second-order valence-corrected chi connectivity index (χ2v) is 5.82. The van der Waals surface area contributed by atoms with Crippen LogP contribution in [-0.4, -0.2) is 32.8 Å². The molecular formula is C16H26N2O. The Hall–Kier alpha value is -1.06. The number of anilines is 1. The van der Waals surface area contributed by atoms with Gasteiger partial charge >= 0.3 is 0 Å². The zero-order valence-corrected chi connectivity index (χ0v) is 12.6. The van der Waals surface area contributed by atoms with E-state index in [1.807, 2.05) is 14.2 Å². The van der Waals surface area contributed by atoms with Crippen LogP contribution in [0, 0.1) is 6.92 Å². The Balaban J connectivity index is 2.15. The highest BCUT2D eigenvalue weighted by Crippen LogP contribution is 2.29. The zero-order chi connectivity index (χ0) is 13.9. The third kappa shape index (κ3) is 3.28. The number of nitrogens with zero attached hydrogens (tertiary/aromatic N) is 1. The highest BCUT2D eigenvalue weighted by Gasteiger charge is 2.30. The van der Waals surface area contributed by atoms with E-state index < -0.39 is 0 Å². The van der Waals surface area contributed by atoms with Crippen LogP contribution in [0.5, 0.6) is 0 Å². The number of methoxy groups -OCH3 is 1. The molecule has 0 spiro atoms. The van der Waals surface area contributed by atoms with Gasteiger partial charge in [-0.25, -0.2) is 0 Å². The molecule has 1 atom stereocenters. The molecule has 1 aromatic rings. The van der Waals surface area contributed by atoms with Gasteiger partial charge in [-0.3, -0.25) is 0 Å². The molecule has 106 valence electrons. The Morgan fingerprint density at radius 2 is 2.21 bits per heavy atom. The maximum absolute atomic E-state index is 5.67. The molecule has 0 aromatic heterocycles. The van der Waals surface area contributed by atoms with E-state index in [4.69, 9.17) is 4.74 Å². The van der Waals surface area contributed by atoms with Gasteiger partial charge in [-0.2, -0.15) is 0 Å². The lowest BCUT2D eigenvalue weighted by molar-refractivity contribution is -0.00465. The van der Waals surface area contributed by atoms with E-state index in [1.54, 1.807) is 0 Å². The van der Waals surface area contributed by atoms with Gasteiger partial charge in [-0.1, -0.05) is 6.07 Å². The molecule has 1 aliphatic heterocycles. The average Bonchev–Trinajstić information content (AvgIpc) is 2.41. The number of piperidine rings is 1. The fraction of sp³-hybridized carbons (Fsp3) is 0.625. The second-order valence-electron chi connectivity index (χ2n) is 5.82. The van der Waals surface area contributed by atoms with Crippen LogP contribution in [0.4, 0.5) is 5.69 Å². The Morgan fingerprint density at radius 3 is 2.84 bits per heavy atom. The first kappa shape index (κ1) is 14.4. The summed E-state index contributed by atoms with van der Waals surface area (Å²) in [5.74, 6) is 0. The van der Waals surface area contributed by atoms with E-state index in [9.17, 15) is 0 Å². The highest BCUT2D eigenvalue weighted by atomic mass is 16.5. The lowest BCUT2D eigenvalue weighted by Gasteiger charge is -2.40. The number of hydrogen-bond donors (Lipinski definition) is 1. The minimum Gasteiger partial charge on any atom is -0.377 e. The van der Waals surface area contributed by atoms with E-state index in [1.165, 1.54) is 23.2 Å². The molecule has 0 bridgehead atoms. The first-order valence-electron chi connectivity index (χ1n) is 7.12. The molecule has 3 nitrogen and oxygen atoms in total. The number of aryl methyl sites for hydroxylation is 1. The molecule has 0 amide bonds. The summed E-state index contributed by atoms with van der Waals surface area (Å²) in [6.07, 6.45) is 2.35. The van der Waals surface area contributed by atoms with Crippen LogP contribution in [0.3, 0.4) is 0 Å². The first-order valence-corrected chi connectivity index (χ1v) is 7.12. The molecule has 0 radical (unpaired) electrons. The fourth-order valence-corrected chi connectivity index (χ4v) is 2.86. The molecule has 1 aromatic carbocycles.